The van der Waals surface area contributed by atoms with Crippen LogP contribution in [0.3, 0.4) is 0 Å². The minimum absolute atomic E-state index is 0.0431. The van der Waals surface area contributed by atoms with Crippen LogP contribution in [0.15, 0.2) is 35.9 Å². The zero-order valence-electron chi connectivity index (χ0n) is 16.5. The molecule has 0 fully saturated rings. The van der Waals surface area contributed by atoms with Crippen molar-refractivity contribution in [1.29, 1.82) is 0 Å². The molecule has 0 bridgehead atoms. The van der Waals surface area contributed by atoms with E-state index in [1.165, 1.54) is 5.57 Å². The quantitative estimate of drug-likeness (QED) is 0.797. The number of aryl methyl sites for hydroxylation is 1. The van der Waals surface area contributed by atoms with Gasteiger partial charge in [-0.1, -0.05) is 29.3 Å². The molecule has 0 spiro atoms. The number of carbonyl (C=O) groups is 1. The van der Waals surface area contributed by atoms with E-state index in [4.69, 9.17) is 0 Å². The van der Waals surface area contributed by atoms with Gasteiger partial charge >= 0.3 is 0 Å². The van der Waals surface area contributed by atoms with Crippen molar-refractivity contribution in [1.82, 2.24) is 25.0 Å². The zero-order chi connectivity index (χ0) is 19.2. The van der Waals surface area contributed by atoms with Gasteiger partial charge in [0, 0.05) is 51.1 Å². The van der Waals surface area contributed by atoms with Gasteiger partial charge in [-0.3, -0.25) is 9.69 Å². The number of nitrogens with one attached hydrogen (secondary N) is 1. The number of hydrogen-bond donors (Lipinski definition) is 1. The Morgan fingerprint density at radius 2 is 1.93 bits per heavy atom. The lowest BCUT2D eigenvalue weighted by atomic mass is 10.1. The predicted molar refractivity (Wildman–Crippen MR) is 107 cm³/mol. The van der Waals surface area contributed by atoms with Gasteiger partial charge < -0.3 is 9.88 Å². The predicted octanol–water partition coefficient (Wildman–Crippen LogP) is 2.38. The number of benzene rings is 1. The van der Waals surface area contributed by atoms with Gasteiger partial charge in [0.2, 0.25) is 0 Å². The average Bonchev–Trinajstić information content (AvgIpc) is 2.91. The van der Waals surface area contributed by atoms with Crippen LogP contribution in [-0.4, -0.2) is 51.8 Å². The van der Waals surface area contributed by atoms with Crippen LogP contribution in [0.2, 0.25) is 0 Å². The van der Waals surface area contributed by atoms with Crippen molar-refractivity contribution in [3.63, 3.8) is 0 Å². The molecular formula is C21H29N5O. The summed E-state index contributed by atoms with van der Waals surface area (Å²) in [6.07, 6.45) is 3.88. The number of hydrogen-bond acceptors (Lipinski definition) is 4. The second-order valence-corrected chi connectivity index (χ2v) is 7.39. The fourth-order valence-electron chi connectivity index (χ4n) is 3.20. The largest absolute Gasteiger partial charge is 0.352 e. The normalized spacial score (nSPS) is 14.3. The Balaban J connectivity index is 1.53. The Kier molecular flexibility index (Phi) is 6.40. The molecule has 0 aliphatic carbocycles. The molecule has 144 valence electrons. The van der Waals surface area contributed by atoms with Gasteiger partial charge in [0.25, 0.3) is 5.91 Å². The summed E-state index contributed by atoms with van der Waals surface area (Å²) < 4.78 is 2.22. The molecule has 0 saturated carbocycles. The molecule has 2 heterocycles. The second-order valence-electron chi connectivity index (χ2n) is 7.39. The lowest BCUT2D eigenvalue weighted by molar-refractivity contribution is 0.0954. The Morgan fingerprint density at radius 3 is 2.67 bits per heavy atom. The highest BCUT2D eigenvalue weighted by molar-refractivity contribution is 5.94. The van der Waals surface area contributed by atoms with Crippen LogP contribution in [-0.2, 0) is 19.4 Å². The molecular weight excluding hydrogens is 338 g/mol. The van der Waals surface area contributed by atoms with Gasteiger partial charge in [-0.05, 0) is 32.9 Å². The highest BCUT2D eigenvalue weighted by atomic mass is 16.1. The van der Waals surface area contributed by atoms with Gasteiger partial charge in [0.15, 0.2) is 0 Å². The number of allylic oxidation sites excluding steroid dienone is 1. The highest BCUT2D eigenvalue weighted by Gasteiger charge is 2.18. The summed E-state index contributed by atoms with van der Waals surface area (Å²) in [5, 5.41) is 11.7. The lowest BCUT2D eigenvalue weighted by Gasteiger charge is -2.17. The van der Waals surface area contributed by atoms with Gasteiger partial charge in [0.05, 0.1) is 0 Å². The van der Waals surface area contributed by atoms with Crippen molar-refractivity contribution in [2.45, 2.75) is 40.2 Å². The first kappa shape index (κ1) is 19.3. The number of nitrogens with zero attached hydrogens (tertiary/aromatic N) is 4. The van der Waals surface area contributed by atoms with Crippen LogP contribution < -0.4 is 5.32 Å². The Labute approximate surface area is 161 Å². The molecule has 1 aromatic carbocycles. The van der Waals surface area contributed by atoms with E-state index >= 15 is 0 Å². The Bertz CT molecular complexity index is 802. The van der Waals surface area contributed by atoms with E-state index in [0.29, 0.717) is 18.5 Å². The molecule has 27 heavy (non-hydrogen) atoms. The van der Waals surface area contributed by atoms with E-state index in [-0.39, 0.29) is 5.91 Å². The van der Waals surface area contributed by atoms with Gasteiger partial charge in [-0.15, -0.1) is 10.2 Å². The number of carbonyl (C=O) groups excluding carboxylic acids is 1. The van der Waals surface area contributed by atoms with E-state index in [2.05, 4.69) is 44.9 Å². The first-order valence-electron chi connectivity index (χ1n) is 9.64. The van der Waals surface area contributed by atoms with Crippen molar-refractivity contribution < 1.29 is 4.79 Å². The van der Waals surface area contributed by atoms with E-state index in [0.717, 1.165) is 49.8 Å². The van der Waals surface area contributed by atoms with Crippen LogP contribution >= 0.6 is 0 Å². The third-order valence-electron chi connectivity index (χ3n) is 4.90. The van der Waals surface area contributed by atoms with Gasteiger partial charge in [-0.25, -0.2) is 0 Å². The van der Waals surface area contributed by atoms with E-state index in [1.54, 1.807) is 0 Å². The second kappa shape index (κ2) is 8.95. The van der Waals surface area contributed by atoms with Crippen molar-refractivity contribution >= 4 is 5.91 Å². The van der Waals surface area contributed by atoms with Crippen LogP contribution in [0.25, 0.3) is 0 Å². The number of amides is 1. The maximum absolute atomic E-state index is 12.2. The maximum Gasteiger partial charge on any atom is 0.251 e. The topological polar surface area (TPSA) is 63.1 Å². The lowest BCUT2D eigenvalue weighted by Crippen LogP contribution is -2.28. The highest BCUT2D eigenvalue weighted by Crippen LogP contribution is 2.10. The maximum atomic E-state index is 12.2. The van der Waals surface area contributed by atoms with Crippen LogP contribution in [0.4, 0.5) is 0 Å². The number of rotatable bonds is 6. The van der Waals surface area contributed by atoms with Gasteiger partial charge in [0.1, 0.15) is 11.6 Å². The fraction of sp³-hybridized carbons (Fsp3) is 0.476. The number of aromatic nitrogens is 3. The SMILES string of the molecule is CC(C)=CCN1CCc2nnc(CCNC(=O)c3ccc(C)cc3)n2CC1. The van der Waals surface area contributed by atoms with Crippen molar-refractivity contribution in [3.05, 3.63) is 58.7 Å². The number of fused-ring (bicyclic) bond motifs is 1. The van der Waals surface area contributed by atoms with Crippen LogP contribution in [0.5, 0.6) is 0 Å². The molecule has 1 N–H and O–H groups in total. The summed E-state index contributed by atoms with van der Waals surface area (Å²) in [5.41, 5.74) is 3.19. The van der Waals surface area contributed by atoms with E-state index in [9.17, 15) is 4.79 Å². The summed E-state index contributed by atoms with van der Waals surface area (Å²) in [6.45, 7) is 10.7. The fourth-order valence-corrected chi connectivity index (χ4v) is 3.20. The Morgan fingerprint density at radius 1 is 1.15 bits per heavy atom. The molecule has 0 radical (unpaired) electrons. The van der Waals surface area contributed by atoms with Crippen LogP contribution in [0.1, 0.15) is 41.4 Å². The zero-order valence-corrected chi connectivity index (χ0v) is 16.5. The first-order chi connectivity index (χ1) is 13.0. The molecule has 3 rings (SSSR count). The monoisotopic (exact) mass is 367 g/mol. The Hall–Kier alpha value is -2.47. The summed E-state index contributed by atoms with van der Waals surface area (Å²) >= 11 is 0. The molecule has 0 atom stereocenters. The summed E-state index contributed by atoms with van der Waals surface area (Å²) in [4.78, 5) is 14.7. The molecule has 2 aromatic rings. The molecule has 1 amide bonds. The molecule has 6 nitrogen and oxygen atoms in total. The summed E-state index contributed by atoms with van der Waals surface area (Å²) in [6, 6.07) is 7.62. The van der Waals surface area contributed by atoms with E-state index in [1.807, 2.05) is 31.2 Å². The first-order valence-corrected chi connectivity index (χ1v) is 9.64. The average molecular weight is 367 g/mol. The van der Waals surface area contributed by atoms with E-state index < -0.39 is 0 Å². The molecule has 1 aliphatic heterocycles. The van der Waals surface area contributed by atoms with Gasteiger partial charge in [-0.2, -0.15) is 0 Å². The molecule has 1 aliphatic rings. The van der Waals surface area contributed by atoms with Crippen molar-refractivity contribution in [3.8, 4) is 0 Å². The summed E-state index contributed by atoms with van der Waals surface area (Å²) in [7, 11) is 0. The molecule has 0 unspecified atom stereocenters. The minimum Gasteiger partial charge on any atom is -0.352 e. The molecule has 0 saturated heterocycles. The summed E-state index contributed by atoms with van der Waals surface area (Å²) in [5.74, 6) is 1.96. The molecule has 1 aromatic heterocycles. The smallest absolute Gasteiger partial charge is 0.251 e. The van der Waals surface area contributed by atoms with Crippen LogP contribution in [0, 0.1) is 6.92 Å². The van der Waals surface area contributed by atoms with Crippen molar-refractivity contribution in [2.75, 3.05) is 26.2 Å². The third-order valence-corrected chi connectivity index (χ3v) is 4.90. The van der Waals surface area contributed by atoms with Crippen molar-refractivity contribution in [2.24, 2.45) is 0 Å². The standard InChI is InChI=1S/C21H29N5O/c1-16(2)9-12-25-13-10-20-24-23-19(26(20)15-14-25)8-11-22-21(27)18-6-4-17(3)5-7-18/h4-7,9H,8,10-15H2,1-3H3,(H,22,27). The molecule has 6 heteroatoms. The third kappa shape index (κ3) is 5.26. The minimum atomic E-state index is -0.0431.